The zero-order valence-electron chi connectivity index (χ0n) is 7.00. The lowest BCUT2D eigenvalue weighted by molar-refractivity contribution is -0.00160. The molecule has 3 saturated carbocycles. The van der Waals surface area contributed by atoms with Gasteiger partial charge in [-0.1, -0.05) is 6.42 Å². The molecule has 0 saturated heterocycles. The van der Waals surface area contributed by atoms with E-state index in [0.29, 0.717) is 0 Å². The maximum atomic E-state index is 5.77. The SMILES string of the molecule is NCC1C2C[C@H]3CC[C@@H]1C2C3. The molecule has 0 radical (unpaired) electrons. The Kier molecular flexibility index (Phi) is 1.18. The Hall–Kier alpha value is -0.0400. The minimum atomic E-state index is 0.937. The number of nitrogens with two attached hydrogens (primary N) is 1. The first-order valence-electron chi connectivity index (χ1n) is 5.10. The molecule has 0 spiro atoms. The standard InChI is InChI=1S/C10H17N/c11-5-10-7-2-1-6-3-8(7)9(10)4-6/h6-10H,1-5,11H2/t6-,7+,8?,9?,10?/m0/s1. The fourth-order valence-corrected chi connectivity index (χ4v) is 4.13. The molecule has 0 aromatic rings. The van der Waals surface area contributed by atoms with Gasteiger partial charge < -0.3 is 5.73 Å². The minimum Gasteiger partial charge on any atom is -0.330 e. The topological polar surface area (TPSA) is 26.0 Å². The van der Waals surface area contributed by atoms with Crippen molar-refractivity contribution in [2.45, 2.75) is 25.7 Å². The van der Waals surface area contributed by atoms with Crippen molar-refractivity contribution in [1.29, 1.82) is 0 Å². The molecule has 3 fully saturated rings. The van der Waals surface area contributed by atoms with Crippen molar-refractivity contribution in [2.24, 2.45) is 35.3 Å². The second-order valence-corrected chi connectivity index (χ2v) is 4.81. The van der Waals surface area contributed by atoms with Crippen molar-refractivity contribution in [3.63, 3.8) is 0 Å². The van der Waals surface area contributed by atoms with Crippen LogP contribution in [0.25, 0.3) is 0 Å². The van der Waals surface area contributed by atoms with Gasteiger partial charge in [0.05, 0.1) is 0 Å². The second kappa shape index (κ2) is 2.01. The molecular weight excluding hydrogens is 134 g/mol. The first kappa shape index (κ1) is 6.47. The van der Waals surface area contributed by atoms with E-state index >= 15 is 0 Å². The molecule has 0 heterocycles. The fraction of sp³-hybridized carbons (Fsp3) is 1.00. The molecule has 3 rings (SSSR count). The quantitative estimate of drug-likeness (QED) is 0.605. The van der Waals surface area contributed by atoms with Crippen molar-refractivity contribution in [3.05, 3.63) is 0 Å². The van der Waals surface area contributed by atoms with Gasteiger partial charge in [-0.05, 0) is 55.4 Å². The Morgan fingerprint density at radius 1 is 1.00 bits per heavy atom. The summed E-state index contributed by atoms with van der Waals surface area (Å²) in [7, 11) is 0. The summed E-state index contributed by atoms with van der Waals surface area (Å²) < 4.78 is 0. The van der Waals surface area contributed by atoms with Crippen LogP contribution in [0.4, 0.5) is 0 Å². The second-order valence-electron chi connectivity index (χ2n) is 4.81. The highest BCUT2D eigenvalue weighted by molar-refractivity contribution is 5.05. The first-order chi connectivity index (χ1) is 5.40. The van der Waals surface area contributed by atoms with Crippen LogP contribution >= 0.6 is 0 Å². The third-order valence-electron chi connectivity index (χ3n) is 4.59. The largest absolute Gasteiger partial charge is 0.330 e. The molecule has 0 amide bonds. The summed E-state index contributed by atoms with van der Waals surface area (Å²) in [6.07, 6.45) is 6.12. The van der Waals surface area contributed by atoms with Gasteiger partial charge in [-0.15, -0.1) is 0 Å². The van der Waals surface area contributed by atoms with Crippen LogP contribution in [0.3, 0.4) is 0 Å². The van der Waals surface area contributed by atoms with Crippen molar-refractivity contribution in [3.8, 4) is 0 Å². The molecule has 3 aliphatic rings. The van der Waals surface area contributed by atoms with E-state index in [0.717, 1.165) is 36.1 Å². The van der Waals surface area contributed by atoms with Crippen LogP contribution in [0.15, 0.2) is 0 Å². The van der Waals surface area contributed by atoms with Crippen LogP contribution in [0.5, 0.6) is 0 Å². The summed E-state index contributed by atoms with van der Waals surface area (Å²) in [5.74, 6) is 5.30. The van der Waals surface area contributed by atoms with Crippen LogP contribution < -0.4 is 5.73 Å². The van der Waals surface area contributed by atoms with Gasteiger partial charge in [-0.3, -0.25) is 0 Å². The third-order valence-corrected chi connectivity index (χ3v) is 4.59. The minimum absolute atomic E-state index is 0.937. The highest BCUT2D eigenvalue weighted by Gasteiger charge is 2.56. The van der Waals surface area contributed by atoms with Crippen LogP contribution in [0.2, 0.25) is 0 Å². The van der Waals surface area contributed by atoms with Crippen LogP contribution in [-0.2, 0) is 0 Å². The maximum Gasteiger partial charge on any atom is -0.00434 e. The summed E-state index contributed by atoms with van der Waals surface area (Å²) in [6, 6.07) is 0. The average molecular weight is 151 g/mol. The molecule has 0 aromatic carbocycles. The van der Waals surface area contributed by atoms with Crippen LogP contribution in [0.1, 0.15) is 25.7 Å². The molecule has 11 heavy (non-hydrogen) atoms. The van der Waals surface area contributed by atoms with Gasteiger partial charge in [0.25, 0.3) is 0 Å². The Morgan fingerprint density at radius 3 is 2.64 bits per heavy atom. The van der Waals surface area contributed by atoms with E-state index in [1.165, 1.54) is 19.3 Å². The van der Waals surface area contributed by atoms with Gasteiger partial charge >= 0.3 is 0 Å². The van der Waals surface area contributed by atoms with E-state index in [4.69, 9.17) is 5.73 Å². The van der Waals surface area contributed by atoms with E-state index in [2.05, 4.69) is 0 Å². The van der Waals surface area contributed by atoms with Gasteiger partial charge in [-0.25, -0.2) is 0 Å². The predicted octanol–water partition coefficient (Wildman–Crippen LogP) is 1.63. The summed E-state index contributed by atoms with van der Waals surface area (Å²) in [5, 5.41) is 0. The maximum absolute atomic E-state index is 5.77. The summed E-state index contributed by atoms with van der Waals surface area (Å²) in [4.78, 5) is 0. The number of hydrogen-bond donors (Lipinski definition) is 1. The van der Waals surface area contributed by atoms with Crippen LogP contribution in [-0.4, -0.2) is 6.54 Å². The van der Waals surface area contributed by atoms with Crippen LogP contribution in [0, 0.1) is 29.6 Å². The molecule has 5 atom stereocenters. The van der Waals surface area contributed by atoms with Gasteiger partial charge in [0.15, 0.2) is 0 Å². The summed E-state index contributed by atoms with van der Waals surface area (Å²) in [5.41, 5.74) is 5.77. The molecule has 0 aliphatic heterocycles. The normalized spacial score (nSPS) is 59.2. The van der Waals surface area contributed by atoms with E-state index in [9.17, 15) is 0 Å². The van der Waals surface area contributed by atoms with Gasteiger partial charge in [0, 0.05) is 0 Å². The zero-order chi connectivity index (χ0) is 7.42. The zero-order valence-corrected chi connectivity index (χ0v) is 7.00. The number of rotatable bonds is 1. The predicted molar refractivity (Wildman–Crippen MR) is 45.0 cm³/mol. The summed E-state index contributed by atoms with van der Waals surface area (Å²) >= 11 is 0. The van der Waals surface area contributed by atoms with E-state index < -0.39 is 0 Å². The Morgan fingerprint density at radius 2 is 1.82 bits per heavy atom. The monoisotopic (exact) mass is 151 g/mol. The Bertz CT molecular complexity index is 172. The highest BCUT2D eigenvalue weighted by Crippen LogP contribution is 2.62. The molecule has 1 nitrogen and oxygen atoms in total. The van der Waals surface area contributed by atoms with E-state index in [1.54, 1.807) is 6.42 Å². The van der Waals surface area contributed by atoms with Crippen molar-refractivity contribution in [1.82, 2.24) is 0 Å². The highest BCUT2D eigenvalue weighted by atomic mass is 14.7. The fourth-order valence-electron chi connectivity index (χ4n) is 4.13. The third kappa shape index (κ3) is 0.658. The van der Waals surface area contributed by atoms with Crippen molar-refractivity contribution < 1.29 is 0 Å². The lowest BCUT2D eigenvalue weighted by Gasteiger charge is -2.49. The number of hydrogen-bond acceptors (Lipinski definition) is 1. The Balaban J connectivity index is 1.86. The van der Waals surface area contributed by atoms with E-state index in [1.807, 2.05) is 0 Å². The lowest BCUT2D eigenvalue weighted by Crippen LogP contribution is -2.47. The number of fused-ring (bicyclic) bond motifs is 1. The van der Waals surface area contributed by atoms with E-state index in [-0.39, 0.29) is 0 Å². The average Bonchev–Trinajstić information content (AvgIpc) is 2.20. The first-order valence-corrected chi connectivity index (χ1v) is 5.10. The Labute approximate surface area is 68.3 Å². The molecule has 1 heteroatoms. The van der Waals surface area contributed by atoms with Gasteiger partial charge in [0.1, 0.15) is 0 Å². The van der Waals surface area contributed by atoms with Gasteiger partial charge in [0.2, 0.25) is 0 Å². The molecule has 3 aliphatic carbocycles. The van der Waals surface area contributed by atoms with Crippen molar-refractivity contribution >= 4 is 0 Å². The molecule has 62 valence electrons. The smallest absolute Gasteiger partial charge is 0.00434 e. The molecule has 0 aromatic heterocycles. The lowest BCUT2D eigenvalue weighted by atomic mass is 9.56. The van der Waals surface area contributed by atoms with Crippen molar-refractivity contribution in [2.75, 3.05) is 6.54 Å². The van der Waals surface area contributed by atoms with Gasteiger partial charge in [-0.2, -0.15) is 0 Å². The molecule has 2 N–H and O–H groups in total. The molecular formula is C10H17N. The molecule has 2 bridgehead atoms. The summed E-state index contributed by atoms with van der Waals surface area (Å²) in [6.45, 7) is 0.971. The molecule has 3 unspecified atom stereocenters.